The van der Waals surface area contributed by atoms with Gasteiger partial charge in [0.2, 0.25) is 11.9 Å². The zero-order valence-electron chi connectivity index (χ0n) is 16.8. The molecule has 0 unspecified atom stereocenters. The van der Waals surface area contributed by atoms with Crippen LogP contribution in [0.5, 0.6) is 0 Å². The lowest BCUT2D eigenvalue weighted by molar-refractivity contribution is 0.630. The third-order valence-corrected chi connectivity index (χ3v) is 4.89. The maximum Gasteiger partial charge on any atom is 0.248 e. The van der Waals surface area contributed by atoms with Gasteiger partial charge in [-0.15, -0.1) is 0 Å². The van der Waals surface area contributed by atoms with Gasteiger partial charge in [-0.1, -0.05) is 53.5 Å². The molecule has 4 aromatic rings. The Kier molecular flexibility index (Phi) is 6.74. The van der Waals surface area contributed by atoms with E-state index < -0.39 is 5.82 Å². The van der Waals surface area contributed by atoms with Crippen molar-refractivity contribution in [3.63, 3.8) is 0 Å². The van der Waals surface area contributed by atoms with Crippen LogP contribution in [0.4, 0.5) is 27.7 Å². The van der Waals surface area contributed by atoms with Crippen LogP contribution in [0.25, 0.3) is 16.2 Å². The summed E-state index contributed by atoms with van der Waals surface area (Å²) in [6, 6.07) is 18.1. The van der Waals surface area contributed by atoms with Crippen molar-refractivity contribution in [1.82, 2.24) is 15.0 Å². The largest absolute Gasteiger partial charge is 0.324 e. The molecule has 162 valence electrons. The molecule has 7 nitrogen and oxygen atoms in total. The minimum atomic E-state index is -0.569. The van der Waals surface area contributed by atoms with Gasteiger partial charge in [0.1, 0.15) is 5.82 Å². The van der Waals surface area contributed by atoms with Gasteiger partial charge in [0.15, 0.2) is 11.5 Å². The molecule has 0 atom stereocenters. The Morgan fingerprint density at radius 1 is 0.909 bits per heavy atom. The summed E-state index contributed by atoms with van der Waals surface area (Å²) in [6.45, 7) is 7.00. The Hall–Kier alpha value is -4.06. The molecule has 0 saturated carbocycles. The molecule has 2 N–H and O–H groups in total. The standard InChI is InChI=1S/C23H14Cl2FN7/c1-27-16-9-5-14(6-10-16)13-28-33-23-31-21(20-18(25)3-2-4-19(20)26)30-22(32-23)29-17-11-7-15(24)8-12-17/h2-13H,(H2,29,30,31,32,33)/b28-13-. The fourth-order valence-electron chi connectivity index (χ4n) is 2.77. The fraction of sp³-hybridized carbons (Fsp3) is 0. The molecule has 3 aromatic carbocycles. The van der Waals surface area contributed by atoms with E-state index in [0.717, 1.165) is 5.56 Å². The van der Waals surface area contributed by atoms with Crippen molar-refractivity contribution in [2.45, 2.75) is 0 Å². The van der Waals surface area contributed by atoms with E-state index in [9.17, 15) is 4.39 Å². The first-order valence-electron chi connectivity index (χ1n) is 9.51. The van der Waals surface area contributed by atoms with Gasteiger partial charge in [-0.25, -0.2) is 14.7 Å². The molecule has 0 aliphatic heterocycles. The van der Waals surface area contributed by atoms with Crippen molar-refractivity contribution in [2.75, 3.05) is 10.7 Å². The first-order valence-corrected chi connectivity index (χ1v) is 10.3. The van der Waals surface area contributed by atoms with Crippen LogP contribution in [0, 0.1) is 12.4 Å². The SMILES string of the molecule is [C-]#[N+]c1ccc(/C=N\Nc2nc(Nc3ccc(Cl)cc3)nc(-c3c(F)cccc3Cl)n2)cc1. The second kappa shape index (κ2) is 10.0. The van der Waals surface area contributed by atoms with Gasteiger partial charge < -0.3 is 5.32 Å². The Balaban J connectivity index is 1.66. The van der Waals surface area contributed by atoms with Gasteiger partial charge in [0, 0.05) is 10.7 Å². The summed E-state index contributed by atoms with van der Waals surface area (Å²) >= 11 is 12.1. The second-order valence-corrected chi connectivity index (χ2v) is 7.45. The van der Waals surface area contributed by atoms with Crippen LogP contribution >= 0.6 is 23.2 Å². The van der Waals surface area contributed by atoms with Crippen molar-refractivity contribution in [2.24, 2.45) is 5.10 Å². The normalized spacial score (nSPS) is 10.7. The Bertz CT molecular complexity index is 1330. The van der Waals surface area contributed by atoms with Crippen molar-refractivity contribution in [1.29, 1.82) is 0 Å². The summed E-state index contributed by atoms with van der Waals surface area (Å²) in [5.74, 6) is -0.310. The van der Waals surface area contributed by atoms with E-state index in [4.69, 9.17) is 29.8 Å². The lowest BCUT2D eigenvalue weighted by Gasteiger charge is -2.10. The van der Waals surface area contributed by atoms with Crippen molar-refractivity contribution in [3.8, 4) is 11.4 Å². The number of hydrogen-bond acceptors (Lipinski definition) is 6. The van der Waals surface area contributed by atoms with Crippen LogP contribution in [-0.2, 0) is 0 Å². The van der Waals surface area contributed by atoms with Crippen LogP contribution in [0.15, 0.2) is 71.8 Å². The van der Waals surface area contributed by atoms with Gasteiger partial charge in [-0.3, -0.25) is 0 Å². The molecule has 0 aliphatic rings. The van der Waals surface area contributed by atoms with Crippen LogP contribution in [-0.4, -0.2) is 21.2 Å². The molecular formula is C23H14Cl2FN7. The molecule has 0 bridgehead atoms. The molecule has 0 fully saturated rings. The Labute approximate surface area is 198 Å². The number of nitrogens with zero attached hydrogens (tertiary/aromatic N) is 5. The molecule has 1 aromatic heterocycles. The molecular weight excluding hydrogens is 464 g/mol. The molecule has 0 aliphatic carbocycles. The molecule has 0 radical (unpaired) electrons. The molecule has 0 spiro atoms. The number of nitrogens with one attached hydrogen (secondary N) is 2. The number of aromatic nitrogens is 3. The maximum absolute atomic E-state index is 14.5. The third-order valence-electron chi connectivity index (χ3n) is 4.32. The van der Waals surface area contributed by atoms with E-state index in [-0.39, 0.29) is 28.3 Å². The van der Waals surface area contributed by atoms with Crippen LogP contribution < -0.4 is 10.7 Å². The molecule has 4 rings (SSSR count). The predicted octanol–water partition coefficient (Wildman–Crippen LogP) is 6.72. The minimum Gasteiger partial charge on any atom is -0.324 e. The van der Waals surface area contributed by atoms with E-state index >= 15 is 0 Å². The smallest absolute Gasteiger partial charge is 0.248 e. The van der Waals surface area contributed by atoms with Gasteiger partial charge in [-0.2, -0.15) is 20.1 Å². The summed E-state index contributed by atoms with van der Waals surface area (Å²) in [5.41, 5.74) is 4.74. The van der Waals surface area contributed by atoms with E-state index in [1.807, 2.05) is 0 Å². The molecule has 1 heterocycles. The minimum absolute atomic E-state index is 0.0312. The van der Waals surface area contributed by atoms with E-state index in [1.54, 1.807) is 60.8 Å². The molecule has 0 amide bonds. The lowest BCUT2D eigenvalue weighted by Crippen LogP contribution is -2.06. The lowest BCUT2D eigenvalue weighted by atomic mass is 10.2. The number of rotatable bonds is 6. The zero-order chi connectivity index (χ0) is 23.2. The Morgan fingerprint density at radius 3 is 2.33 bits per heavy atom. The Morgan fingerprint density at radius 2 is 1.64 bits per heavy atom. The van der Waals surface area contributed by atoms with Gasteiger partial charge >= 0.3 is 0 Å². The molecule has 33 heavy (non-hydrogen) atoms. The quantitative estimate of drug-likeness (QED) is 0.183. The number of anilines is 3. The summed E-state index contributed by atoms with van der Waals surface area (Å²) in [7, 11) is 0. The van der Waals surface area contributed by atoms with Crippen molar-refractivity contribution >= 4 is 52.7 Å². The molecule has 0 saturated heterocycles. The van der Waals surface area contributed by atoms with E-state index in [0.29, 0.717) is 16.4 Å². The highest BCUT2D eigenvalue weighted by Gasteiger charge is 2.16. The van der Waals surface area contributed by atoms with Crippen LogP contribution in [0.1, 0.15) is 5.56 Å². The monoisotopic (exact) mass is 477 g/mol. The highest BCUT2D eigenvalue weighted by atomic mass is 35.5. The summed E-state index contributed by atoms with van der Waals surface area (Å²) in [5, 5.41) is 7.90. The average molecular weight is 478 g/mol. The third kappa shape index (κ3) is 5.60. The highest BCUT2D eigenvalue weighted by Crippen LogP contribution is 2.29. The van der Waals surface area contributed by atoms with Gasteiger partial charge in [0.05, 0.1) is 23.4 Å². The van der Waals surface area contributed by atoms with E-state index in [2.05, 4.69) is 35.6 Å². The molecule has 10 heteroatoms. The van der Waals surface area contributed by atoms with Crippen LogP contribution in [0.3, 0.4) is 0 Å². The van der Waals surface area contributed by atoms with E-state index in [1.165, 1.54) is 12.1 Å². The fourth-order valence-corrected chi connectivity index (χ4v) is 3.14. The topological polar surface area (TPSA) is 79.5 Å². The first-order chi connectivity index (χ1) is 16.0. The number of benzene rings is 3. The second-order valence-electron chi connectivity index (χ2n) is 6.61. The zero-order valence-corrected chi connectivity index (χ0v) is 18.3. The maximum atomic E-state index is 14.5. The number of hydrazone groups is 1. The average Bonchev–Trinajstić information content (AvgIpc) is 2.81. The van der Waals surface area contributed by atoms with Gasteiger partial charge in [0.25, 0.3) is 0 Å². The van der Waals surface area contributed by atoms with Gasteiger partial charge in [-0.05, 0) is 42.0 Å². The number of hydrogen-bond donors (Lipinski definition) is 2. The first kappa shape index (κ1) is 22.1. The summed E-state index contributed by atoms with van der Waals surface area (Å²) < 4.78 is 14.5. The highest BCUT2D eigenvalue weighted by molar-refractivity contribution is 6.33. The predicted molar refractivity (Wildman–Crippen MR) is 129 cm³/mol. The summed E-state index contributed by atoms with van der Waals surface area (Å²) in [4.78, 5) is 16.2. The van der Waals surface area contributed by atoms with Crippen LogP contribution in [0.2, 0.25) is 10.0 Å². The van der Waals surface area contributed by atoms with Crippen molar-refractivity contribution in [3.05, 3.63) is 99.6 Å². The van der Waals surface area contributed by atoms with Crippen molar-refractivity contribution < 1.29 is 4.39 Å². The number of halogens is 3. The summed E-state index contributed by atoms with van der Waals surface area (Å²) in [6.07, 6.45) is 1.54.